The van der Waals surface area contributed by atoms with Crippen LogP contribution in [-0.4, -0.2) is 33.6 Å². The monoisotopic (exact) mass is 370 g/mol. The Bertz CT molecular complexity index is 783. The summed E-state index contributed by atoms with van der Waals surface area (Å²) in [6.07, 6.45) is 3.32. The lowest BCUT2D eigenvalue weighted by molar-refractivity contribution is 0.0697. The molecule has 0 aliphatic carbocycles. The average molecular weight is 370 g/mol. The number of rotatable bonds is 7. The summed E-state index contributed by atoms with van der Waals surface area (Å²) >= 11 is 0. The highest BCUT2D eigenvalue weighted by atomic mass is 16.4. The van der Waals surface area contributed by atoms with Crippen LogP contribution >= 0.6 is 0 Å². The van der Waals surface area contributed by atoms with Gasteiger partial charge in [-0.1, -0.05) is 32.9 Å². The van der Waals surface area contributed by atoms with E-state index in [4.69, 9.17) is 5.11 Å². The van der Waals surface area contributed by atoms with Gasteiger partial charge in [0.2, 0.25) is 0 Å². The SMILES string of the molecule is CC(C)(C)c1nccc(CCCNC(=O)NCc2ccc(C(=O)O)cc2)n1. The molecule has 0 aliphatic heterocycles. The molecule has 3 N–H and O–H groups in total. The second kappa shape index (κ2) is 9.12. The molecule has 0 fully saturated rings. The predicted octanol–water partition coefficient (Wildman–Crippen LogP) is 2.90. The fourth-order valence-corrected chi connectivity index (χ4v) is 2.38. The van der Waals surface area contributed by atoms with Crippen LogP contribution in [0.25, 0.3) is 0 Å². The van der Waals surface area contributed by atoms with Crippen molar-refractivity contribution in [3.05, 3.63) is 59.2 Å². The third-order valence-corrected chi connectivity index (χ3v) is 3.93. The van der Waals surface area contributed by atoms with E-state index in [9.17, 15) is 9.59 Å². The number of carbonyl (C=O) groups is 2. The molecule has 1 heterocycles. The molecular weight excluding hydrogens is 344 g/mol. The van der Waals surface area contributed by atoms with E-state index in [1.54, 1.807) is 18.3 Å². The summed E-state index contributed by atoms with van der Waals surface area (Å²) in [4.78, 5) is 31.5. The Morgan fingerprint density at radius 3 is 2.41 bits per heavy atom. The van der Waals surface area contributed by atoms with Crippen LogP contribution in [0.4, 0.5) is 4.79 Å². The van der Waals surface area contributed by atoms with Gasteiger partial charge in [-0.25, -0.2) is 19.6 Å². The van der Waals surface area contributed by atoms with Gasteiger partial charge in [0.15, 0.2) is 0 Å². The van der Waals surface area contributed by atoms with Crippen molar-refractivity contribution < 1.29 is 14.7 Å². The summed E-state index contributed by atoms with van der Waals surface area (Å²) in [6.45, 7) is 7.11. The lowest BCUT2D eigenvalue weighted by atomic mass is 9.95. The van der Waals surface area contributed by atoms with Crippen LogP contribution in [0.5, 0.6) is 0 Å². The lowest BCUT2D eigenvalue weighted by Crippen LogP contribution is -2.35. The van der Waals surface area contributed by atoms with Crippen LogP contribution in [-0.2, 0) is 18.4 Å². The van der Waals surface area contributed by atoms with Gasteiger partial charge in [0, 0.05) is 30.4 Å². The highest BCUT2D eigenvalue weighted by molar-refractivity contribution is 5.87. The number of carboxylic acids is 1. The Kier molecular flexibility index (Phi) is 6.87. The summed E-state index contributed by atoms with van der Waals surface area (Å²) in [5, 5.41) is 14.4. The number of amides is 2. The topological polar surface area (TPSA) is 104 Å². The Morgan fingerprint density at radius 1 is 1.07 bits per heavy atom. The van der Waals surface area contributed by atoms with E-state index in [-0.39, 0.29) is 17.0 Å². The van der Waals surface area contributed by atoms with E-state index in [0.29, 0.717) is 13.1 Å². The van der Waals surface area contributed by atoms with Gasteiger partial charge < -0.3 is 15.7 Å². The maximum absolute atomic E-state index is 11.8. The number of carboxylic acid groups (broad SMARTS) is 1. The Labute approximate surface area is 159 Å². The molecule has 7 nitrogen and oxygen atoms in total. The van der Waals surface area contributed by atoms with Gasteiger partial charge in [-0.15, -0.1) is 0 Å². The molecule has 0 radical (unpaired) electrons. The molecule has 27 heavy (non-hydrogen) atoms. The first-order chi connectivity index (χ1) is 12.8. The van der Waals surface area contributed by atoms with E-state index in [2.05, 4.69) is 41.4 Å². The van der Waals surface area contributed by atoms with Crippen LogP contribution in [0.1, 0.15) is 54.6 Å². The summed E-state index contributed by atoms with van der Waals surface area (Å²) in [6, 6.07) is 8.05. The second-order valence-electron chi connectivity index (χ2n) is 7.34. The molecule has 0 aliphatic rings. The molecule has 1 aromatic carbocycles. The number of hydrogen-bond donors (Lipinski definition) is 3. The molecular formula is C20H26N4O3. The van der Waals surface area contributed by atoms with Gasteiger partial charge in [0.05, 0.1) is 5.56 Å². The molecule has 7 heteroatoms. The third-order valence-electron chi connectivity index (χ3n) is 3.93. The van der Waals surface area contributed by atoms with E-state index in [1.807, 2.05) is 6.07 Å². The van der Waals surface area contributed by atoms with Crippen molar-refractivity contribution in [2.45, 2.75) is 45.6 Å². The van der Waals surface area contributed by atoms with Crippen molar-refractivity contribution in [3.63, 3.8) is 0 Å². The Hall–Kier alpha value is -2.96. The average Bonchev–Trinajstić information content (AvgIpc) is 2.63. The predicted molar refractivity (Wildman–Crippen MR) is 103 cm³/mol. The standard InChI is InChI=1S/C20H26N4O3/c1-20(2,3)18-21-12-10-16(24-18)5-4-11-22-19(27)23-13-14-6-8-15(9-7-14)17(25)26/h6-10,12H,4-5,11,13H2,1-3H3,(H,25,26)(H2,22,23,27). The number of nitrogens with one attached hydrogen (secondary N) is 2. The molecule has 0 atom stereocenters. The number of benzene rings is 1. The maximum atomic E-state index is 11.8. The summed E-state index contributed by atoms with van der Waals surface area (Å²) in [5.41, 5.74) is 1.95. The maximum Gasteiger partial charge on any atom is 0.335 e. The van der Waals surface area contributed by atoms with Crippen LogP contribution in [0.3, 0.4) is 0 Å². The molecule has 2 amide bonds. The van der Waals surface area contributed by atoms with Crippen molar-refractivity contribution in [2.75, 3.05) is 6.54 Å². The van der Waals surface area contributed by atoms with E-state index in [0.717, 1.165) is 29.9 Å². The summed E-state index contributed by atoms with van der Waals surface area (Å²) in [5.74, 6) is -0.148. The smallest absolute Gasteiger partial charge is 0.335 e. The summed E-state index contributed by atoms with van der Waals surface area (Å²) in [7, 11) is 0. The van der Waals surface area contributed by atoms with E-state index in [1.165, 1.54) is 12.1 Å². The number of nitrogens with zero attached hydrogens (tertiary/aromatic N) is 2. The molecule has 0 saturated heterocycles. The van der Waals surface area contributed by atoms with Crippen LogP contribution in [0.2, 0.25) is 0 Å². The third kappa shape index (κ3) is 6.69. The highest BCUT2D eigenvalue weighted by Gasteiger charge is 2.17. The highest BCUT2D eigenvalue weighted by Crippen LogP contribution is 2.17. The van der Waals surface area contributed by atoms with Gasteiger partial charge in [-0.2, -0.15) is 0 Å². The quantitative estimate of drug-likeness (QED) is 0.650. The molecule has 0 saturated carbocycles. The molecule has 144 valence electrons. The van der Waals surface area contributed by atoms with E-state index >= 15 is 0 Å². The first kappa shape index (κ1) is 20.4. The largest absolute Gasteiger partial charge is 0.478 e. The van der Waals surface area contributed by atoms with Crippen molar-refractivity contribution in [1.29, 1.82) is 0 Å². The van der Waals surface area contributed by atoms with Crippen molar-refractivity contribution in [2.24, 2.45) is 0 Å². The zero-order valence-electron chi connectivity index (χ0n) is 16.0. The molecule has 2 aromatic rings. The lowest BCUT2D eigenvalue weighted by Gasteiger charge is -2.16. The van der Waals surface area contributed by atoms with Crippen LogP contribution in [0, 0.1) is 0 Å². The number of carbonyl (C=O) groups excluding carboxylic acids is 1. The Morgan fingerprint density at radius 2 is 1.78 bits per heavy atom. The minimum atomic E-state index is -0.967. The van der Waals surface area contributed by atoms with Gasteiger partial charge in [-0.05, 0) is 36.6 Å². The van der Waals surface area contributed by atoms with Gasteiger partial charge in [-0.3, -0.25) is 0 Å². The van der Waals surface area contributed by atoms with Gasteiger partial charge in [0.25, 0.3) is 0 Å². The molecule has 1 aromatic heterocycles. The minimum Gasteiger partial charge on any atom is -0.478 e. The normalized spacial score (nSPS) is 11.1. The number of aryl methyl sites for hydroxylation is 1. The van der Waals surface area contributed by atoms with Gasteiger partial charge >= 0.3 is 12.0 Å². The number of aromatic nitrogens is 2. The van der Waals surface area contributed by atoms with Crippen LogP contribution < -0.4 is 10.6 Å². The minimum absolute atomic E-state index is 0.0865. The zero-order valence-corrected chi connectivity index (χ0v) is 16.0. The molecule has 0 unspecified atom stereocenters. The molecule has 0 bridgehead atoms. The fourth-order valence-electron chi connectivity index (χ4n) is 2.38. The summed E-state index contributed by atoms with van der Waals surface area (Å²) < 4.78 is 0. The second-order valence-corrected chi connectivity index (χ2v) is 7.34. The Balaban J connectivity index is 1.70. The zero-order chi connectivity index (χ0) is 19.9. The molecule has 2 rings (SSSR count). The van der Waals surface area contributed by atoms with Crippen molar-refractivity contribution >= 4 is 12.0 Å². The molecule has 0 spiro atoms. The fraction of sp³-hybridized carbons (Fsp3) is 0.400. The van der Waals surface area contributed by atoms with Crippen molar-refractivity contribution in [3.8, 4) is 0 Å². The number of aromatic carboxylic acids is 1. The van der Waals surface area contributed by atoms with Crippen LogP contribution in [0.15, 0.2) is 36.5 Å². The first-order valence-electron chi connectivity index (χ1n) is 8.92. The van der Waals surface area contributed by atoms with Crippen molar-refractivity contribution in [1.82, 2.24) is 20.6 Å². The number of urea groups is 1. The van der Waals surface area contributed by atoms with Gasteiger partial charge in [0.1, 0.15) is 5.82 Å². The van der Waals surface area contributed by atoms with E-state index < -0.39 is 5.97 Å². The number of hydrogen-bond acceptors (Lipinski definition) is 4. The first-order valence-corrected chi connectivity index (χ1v) is 8.92.